The topological polar surface area (TPSA) is 99.3 Å². The maximum absolute atomic E-state index is 11.8. The Hall–Kier alpha value is -2.83. The molecule has 7 nitrogen and oxygen atoms in total. The molecule has 1 aromatic heterocycles. The quantitative estimate of drug-likeness (QED) is 0.569. The number of hydrogen-bond acceptors (Lipinski definition) is 4. The summed E-state index contributed by atoms with van der Waals surface area (Å²) < 4.78 is 5.08. The number of methoxy groups -OCH3 is 1. The first-order valence-corrected chi connectivity index (χ1v) is 6.75. The van der Waals surface area contributed by atoms with Gasteiger partial charge in [0.2, 0.25) is 5.91 Å². The molecule has 22 heavy (non-hydrogen) atoms. The van der Waals surface area contributed by atoms with E-state index in [1.165, 1.54) is 0 Å². The normalized spacial score (nSPS) is 11.3. The number of carbonyl (C=O) groups excluding carboxylic acids is 1. The lowest BCUT2D eigenvalue weighted by Crippen LogP contribution is -2.24. The van der Waals surface area contributed by atoms with Crippen molar-refractivity contribution in [2.24, 2.45) is 5.10 Å². The molecule has 0 saturated heterocycles. The highest BCUT2D eigenvalue weighted by atomic mass is 16.5. The van der Waals surface area contributed by atoms with Gasteiger partial charge in [-0.05, 0) is 43.7 Å². The van der Waals surface area contributed by atoms with E-state index in [1.807, 2.05) is 24.3 Å². The summed E-state index contributed by atoms with van der Waals surface area (Å²) in [6.45, 7) is 3.52. The van der Waals surface area contributed by atoms with Gasteiger partial charge in [-0.15, -0.1) is 0 Å². The number of ether oxygens (including phenoxy) is 1. The third-order valence-electron chi connectivity index (χ3n) is 3.28. The molecule has 7 heteroatoms. The third kappa shape index (κ3) is 3.63. The zero-order chi connectivity index (χ0) is 16.1. The van der Waals surface area contributed by atoms with Crippen LogP contribution < -0.4 is 15.7 Å². The number of benzene rings is 1. The van der Waals surface area contributed by atoms with E-state index in [4.69, 9.17) is 4.74 Å². The summed E-state index contributed by atoms with van der Waals surface area (Å²) in [5.41, 5.74) is 4.76. The molecule has 0 atom stereocenters. The van der Waals surface area contributed by atoms with Crippen LogP contribution in [0.2, 0.25) is 0 Å². The van der Waals surface area contributed by atoms with Crippen LogP contribution in [0.25, 0.3) is 0 Å². The Morgan fingerprint density at radius 3 is 2.50 bits per heavy atom. The van der Waals surface area contributed by atoms with Gasteiger partial charge in [0.1, 0.15) is 5.75 Å². The third-order valence-corrected chi connectivity index (χ3v) is 3.28. The number of nitrogens with one attached hydrogen (secondary N) is 3. The lowest BCUT2D eigenvalue weighted by atomic mass is 10.1. The highest BCUT2D eigenvalue weighted by molar-refractivity contribution is 5.99. The van der Waals surface area contributed by atoms with E-state index in [0.29, 0.717) is 17.0 Å². The van der Waals surface area contributed by atoms with Crippen LogP contribution in [-0.4, -0.2) is 28.9 Å². The standard InChI is InChI=1S/C15H18N4O3/c1-9(11-4-6-12(22-3)7-5-11)16-18-14(20)8-13-10(2)17-19-15(13)21/h4-7H,8H2,1-3H3,(H,18,20)(H2,17,19,21)/b16-9-. The molecule has 1 aromatic carbocycles. The highest BCUT2D eigenvalue weighted by Gasteiger charge is 2.11. The van der Waals surface area contributed by atoms with Gasteiger partial charge in [-0.2, -0.15) is 5.10 Å². The van der Waals surface area contributed by atoms with Crippen LogP contribution in [0.5, 0.6) is 5.75 Å². The fourth-order valence-electron chi connectivity index (χ4n) is 1.93. The summed E-state index contributed by atoms with van der Waals surface area (Å²) in [4.78, 5) is 23.3. The maximum atomic E-state index is 11.8. The van der Waals surface area contributed by atoms with E-state index in [9.17, 15) is 9.59 Å². The van der Waals surface area contributed by atoms with Crippen molar-refractivity contribution in [1.82, 2.24) is 15.6 Å². The minimum Gasteiger partial charge on any atom is -0.497 e. The first kappa shape index (κ1) is 15.6. The Labute approximate surface area is 127 Å². The van der Waals surface area contributed by atoms with Gasteiger partial charge < -0.3 is 9.84 Å². The van der Waals surface area contributed by atoms with Crippen molar-refractivity contribution in [1.29, 1.82) is 0 Å². The van der Waals surface area contributed by atoms with E-state index in [0.717, 1.165) is 11.3 Å². The molecule has 3 N–H and O–H groups in total. The second kappa shape index (κ2) is 6.75. The molecule has 0 aliphatic heterocycles. The average Bonchev–Trinajstić information content (AvgIpc) is 2.84. The summed E-state index contributed by atoms with van der Waals surface area (Å²) in [6.07, 6.45) is -0.0238. The molecular weight excluding hydrogens is 284 g/mol. The second-order valence-electron chi connectivity index (χ2n) is 4.82. The Morgan fingerprint density at radius 1 is 1.27 bits per heavy atom. The van der Waals surface area contributed by atoms with E-state index >= 15 is 0 Å². The lowest BCUT2D eigenvalue weighted by molar-refractivity contribution is -0.120. The fraction of sp³-hybridized carbons (Fsp3) is 0.267. The fourth-order valence-corrected chi connectivity index (χ4v) is 1.93. The number of rotatable bonds is 5. The van der Waals surface area contributed by atoms with Crippen LogP contribution in [-0.2, 0) is 11.2 Å². The molecule has 0 bridgehead atoms. The predicted molar refractivity (Wildman–Crippen MR) is 83.2 cm³/mol. The molecule has 1 amide bonds. The number of hydrogen-bond donors (Lipinski definition) is 3. The van der Waals surface area contributed by atoms with Gasteiger partial charge in [0.05, 0.1) is 19.2 Å². The van der Waals surface area contributed by atoms with Crippen LogP contribution in [0, 0.1) is 6.92 Å². The molecule has 0 fully saturated rings. The molecule has 2 aromatic rings. The number of nitrogens with zero attached hydrogens (tertiary/aromatic N) is 1. The van der Waals surface area contributed by atoms with E-state index in [2.05, 4.69) is 20.7 Å². The minimum absolute atomic E-state index is 0.0238. The Balaban J connectivity index is 2.00. The first-order chi connectivity index (χ1) is 10.5. The SMILES string of the molecule is COc1ccc(/C(C)=N\NC(=O)Cc2c(C)[nH][nH]c2=O)cc1. The first-order valence-electron chi connectivity index (χ1n) is 6.75. The van der Waals surface area contributed by atoms with Crippen LogP contribution in [0.15, 0.2) is 34.2 Å². The number of carbonyl (C=O) groups is 1. The summed E-state index contributed by atoms with van der Waals surface area (Å²) >= 11 is 0. The molecule has 0 radical (unpaired) electrons. The molecule has 116 valence electrons. The number of amides is 1. The van der Waals surface area contributed by atoms with Crippen molar-refractivity contribution in [2.45, 2.75) is 20.3 Å². The Kier molecular flexibility index (Phi) is 4.77. The van der Waals surface area contributed by atoms with Crippen LogP contribution in [0.1, 0.15) is 23.7 Å². The molecule has 1 heterocycles. The average molecular weight is 302 g/mol. The summed E-state index contributed by atoms with van der Waals surface area (Å²) in [6, 6.07) is 7.34. The molecule has 0 aliphatic carbocycles. The predicted octanol–water partition coefficient (Wildman–Crippen LogP) is 1.10. The monoisotopic (exact) mass is 302 g/mol. The van der Waals surface area contributed by atoms with Crippen LogP contribution >= 0.6 is 0 Å². The van der Waals surface area contributed by atoms with Crippen molar-refractivity contribution in [3.8, 4) is 5.75 Å². The van der Waals surface area contributed by atoms with Crippen molar-refractivity contribution >= 4 is 11.6 Å². The smallest absolute Gasteiger partial charge is 0.267 e. The zero-order valence-electron chi connectivity index (χ0n) is 12.7. The zero-order valence-corrected chi connectivity index (χ0v) is 12.7. The van der Waals surface area contributed by atoms with Gasteiger partial charge in [-0.25, -0.2) is 5.43 Å². The molecule has 0 spiro atoms. The van der Waals surface area contributed by atoms with E-state index in [1.54, 1.807) is 21.0 Å². The number of hydrazone groups is 1. The van der Waals surface area contributed by atoms with Crippen LogP contribution in [0.3, 0.4) is 0 Å². The number of H-pyrrole nitrogens is 2. The van der Waals surface area contributed by atoms with Gasteiger partial charge in [0, 0.05) is 11.3 Å². The van der Waals surface area contributed by atoms with Gasteiger partial charge in [-0.1, -0.05) is 0 Å². The Bertz CT molecular complexity index is 741. The molecule has 2 rings (SSSR count). The molecular formula is C15H18N4O3. The maximum Gasteiger partial charge on any atom is 0.267 e. The highest BCUT2D eigenvalue weighted by Crippen LogP contribution is 2.11. The molecule has 0 aliphatic rings. The van der Waals surface area contributed by atoms with E-state index < -0.39 is 0 Å². The summed E-state index contributed by atoms with van der Waals surface area (Å²) in [5.74, 6) is 0.406. The van der Waals surface area contributed by atoms with Crippen molar-refractivity contribution in [3.05, 3.63) is 51.4 Å². The summed E-state index contributed by atoms with van der Waals surface area (Å²) in [7, 11) is 1.60. The van der Waals surface area contributed by atoms with Crippen molar-refractivity contribution in [3.63, 3.8) is 0 Å². The van der Waals surface area contributed by atoms with Gasteiger partial charge in [-0.3, -0.25) is 14.7 Å². The number of aromatic amines is 2. The largest absolute Gasteiger partial charge is 0.497 e. The molecule has 0 unspecified atom stereocenters. The summed E-state index contributed by atoms with van der Waals surface area (Å²) in [5, 5.41) is 9.16. The second-order valence-corrected chi connectivity index (χ2v) is 4.82. The van der Waals surface area contributed by atoms with Crippen molar-refractivity contribution < 1.29 is 9.53 Å². The molecule has 0 saturated carbocycles. The van der Waals surface area contributed by atoms with Gasteiger partial charge >= 0.3 is 0 Å². The lowest BCUT2D eigenvalue weighted by Gasteiger charge is -2.04. The number of aryl methyl sites for hydroxylation is 1. The minimum atomic E-state index is -0.346. The number of aromatic nitrogens is 2. The Morgan fingerprint density at radius 2 is 1.95 bits per heavy atom. The van der Waals surface area contributed by atoms with Crippen molar-refractivity contribution in [2.75, 3.05) is 7.11 Å². The van der Waals surface area contributed by atoms with Crippen LogP contribution in [0.4, 0.5) is 0 Å². The van der Waals surface area contributed by atoms with E-state index in [-0.39, 0.29) is 17.9 Å². The van der Waals surface area contributed by atoms with Gasteiger partial charge in [0.15, 0.2) is 0 Å². The van der Waals surface area contributed by atoms with Gasteiger partial charge in [0.25, 0.3) is 5.56 Å².